The lowest BCUT2D eigenvalue weighted by Gasteiger charge is -2.41. The molecule has 4 rings (SSSR count). The summed E-state index contributed by atoms with van der Waals surface area (Å²) in [5, 5.41) is 10.9. The van der Waals surface area contributed by atoms with Crippen molar-refractivity contribution in [3.63, 3.8) is 0 Å². The molecule has 1 N–H and O–H groups in total. The van der Waals surface area contributed by atoms with Crippen molar-refractivity contribution in [3.05, 3.63) is 59.7 Å². The minimum absolute atomic E-state index is 0.0540. The van der Waals surface area contributed by atoms with Crippen molar-refractivity contribution in [1.82, 2.24) is 4.90 Å². The maximum absolute atomic E-state index is 12.7. The predicted octanol–water partition coefficient (Wildman–Crippen LogP) is 5.20. The molecule has 0 aliphatic heterocycles. The van der Waals surface area contributed by atoms with Crippen LogP contribution in [0.1, 0.15) is 56.6 Å². The quantitative estimate of drug-likeness (QED) is 0.777. The molecule has 0 heterocycles. The van der Waals surface area contributed by atoms with Gasteiger partial charge in [0.05, 0.1) is 12.1 Å². The number of rotatable bonds is 4. The van der Waals surface area contributed by atoms with Gasteiger partial charge >= 0.3 is 6.09 Å². The van der Waals surface area contributed by atoms with Crippen LogP contribution >= 0.6 is 0 Å². The van der Waals surface area contributed by atoms with Gasteiger partial charge in [-0.25, -0.2) is 4.79 Å². The average Bonchev–Trinajstić information content (AvgIpc) is 3.03. The first-order valence-corrected chi connectivity index (χ1v) is 10.6. The first-order chi connectivity index (χ1) is 13.8. The van der Waals surface area contributed by atoms with Crippen LogP contribution in [0.3, 0.4) is 0 Å². The molecule has 0 radical (unpaired) electrons. The molecule has 4 nitrogen and oxygen atoms in total. The van der Waals surface area contributed by atoms with Gasteiger partial charge in [0.2, 0.25) is 0 Å². The molecular weight excluding hydrogens is 362 g/mol. The van der Waals surface area contributed by atoms with E-state index in [1.807, 2.05) is 24.3 Å². The van der Waals surface area contributed by atoms with E-state index < -0.39 is 5.60 Å². The predicted molar refractivity (Wildman–Crippen MR) is 115 cm³/mol. The van der Waals surface area contributed by atoms with Gasteiger partial charge in [0, 0.05) is 13.0 Å². The maximum atomic E-state index is 12.7. The van der Waals surface area contributed by atoms with Crippen molar-refractivity contribution in [2.75, 3.05) is 20.2 Å². The zero-order valence-electron chi connectivity index (χ0n) is 17.6. The number of fused-ring (bicyclic) bond motifs is 3. The Morgan fingerprint density at radius 1 is 1.00 bits per heavy atom. The van der Waals surface area contributed by atoms with E-state index in [2.05, 4.69) is 38.1 Å². The summed E-state index contributed by atoms with van der Waals surface area (Å²) in [6, 6.07) is 16.6. The fourth-order valence-corrected chi connectivity index (χ4v) is 4.76. The summed E-state index contributed by atoms with van der Waals surface area (Å²) >= 11 is 0. The minimum atomic E-state index is -0.810. The largest absolute Gasteiger partial charge is 0.448 e. The van der Waals surface area contributed by atoms with Crippen LogP contribution in [0.5, 0.6) is 0 Å². The van der Waals surface area contributed by atoms with E-state index >= 15 is 0 Å². The summed E-state index contributed by atoms with van der Waals surface area (Å²) < 4.78 is 5.70. The van der Waals surface area contributed by atoms with Gasteiger partial charge in [0.25, 0.3) is 0 Å². The zero-order chi connectivity index (χ0) is 20.6. The molecule has 1 saturated carbocycles. The smallest absolute Gasteiger partial charge is 0.409 e. The highest BCUT2D eigenvalue weighted by atomic mass is 16.6. The number of aliphatic hydroxyl groups is 1. The van der Waals surface area contributed by atoms with E-state index in [4.69, 9.17) is 4.74 Å². The number of carbonyl (C=O) groups excluding carboxylic acids is 1. The van der Waals surface area contributed by atoms with E-state index in [9.17, 15) is 9.90 Å². The van der Waals surface area contributed by atoms with Gasteiger partial charge in [-0.05, 0) is 53.4 Å². The summed E-state index contributed by atoms with van der Waals surface area (Å²) in [5.74, 6) is 0.0540. The number of nitrogens with zero attached hydrogens (tertiary/aromatic N) is 1. The molecule has 1 fully saturated rings. The van der Waals surface area contributed by atoms with E-state index in [-0.39, 0.29) is 17.4 Å². The standard InChI is InChI=1S/C25H31NO3/c1-24(2)12-14-25(28,15-13-24)17-26(3)23(27)29-16-22-20-10-6-4-8-18(20)19-9-5-7-11-21(19)22/h4-11,22,28H,12-17H2,1-3H3. The Morgan fingerprint density at radius 3 is 2.07 bits per heavy atom. The van der Waals surface area contributed by atoms with Gasteiger partial charge in [0.15, 0.2) is 0 Å². The van der Waals surface area contributed by atoms with E-state index in [0.717, 1.165) is 25.7 Å². The first kappa shape index (κ1) is 20.0. The Bertz CT molecular complexity index is 849. The zero-order valence-corrected chi connectivity index (χ0v) is 17.6. The molecule has 154 valence electrons. The number of carbonyl (C=O) groups is 1. The fourth-order valence-electron chi connectivity index (χ4n) is 4.76. The molecule has 0 saturated heterocycles. The Morgan fingerprint density at radius 2 is 1.52 bits per heavy atom. The highest BCUT2D eigenvalue weighted by molar-refractivity contribution is 5.79. The molecule has 1 amide bonds. The Hall–Kier alpha value is -2.33. The highest BCUT2D eigenvalue weighted by Gasteiger charge is 2.38. The number of amides is 1. The van der Waals surface area contributed by atoms with Crippen LogP contribution in [-0.2, 0) is 4.74 Å². The number of hydrogen-bond acceptors (Lipinski definition) is 3. The van der Waals surface area contributed by atoms with Crippen LogP contribution < -0.4 is 0 Å². The molecular formula is C25H31NO3. The Kier molecular flexibility index (Phi) is 5.16. The van der Waals surface area contributed by atoms with Gasteiger partial charge in [-0.1, -0.05) is 62.4 Å². The van der Waals surface area contributed by atoms with Crippen molar-refractivity contribution in [2.24, 2.45) is 5.41 Å². The number of likely N-dealkylation sites (N-methyl/N-ethyl adjacent to an activating group) is 1. The topological polar surface area (TPSA) is 49.8 Å². The lowest BCUT2D eigenvalue weighted by atomic mass is 9.71. The van der Waals surface area contributed by atoms with E-state index in [1.165, 1.54) is 27.2 Å². The number of ether oxygens (including phenoxy) is 1. The molecule has 0 spiro atoms. The molecule has 2 aliphatic carbocycles. The monoisotopic (exact) mass is 393 g/mol. The second-order valence-electron chi connectivity index (χ2n) is 9.55. The number of benzene rings is 2. The second-order valence-corrected chi connectivity index (χ2v) is 9.55. The van der Waals surface area contributed by atoms with Crippen LogP contribution in [0.4, 0.5) is 4.79 Å². The van der Waals surface area contributed by atoms with Gasteiger partial charge in [0.1, 0.15) is 6.61 Å². The Labute approximate surface area is 173 Å². The summed E-state index contributed by atoms with van der Waals surface area (Å²) in [4.78, 5) is 14.2. The van der Waals surface area contributed by atoms with Crippen LogP contribution in [0.25, 0.3) is 11.1 Å². The molecule has 4 heteroatoms. The number of hydrogen-bond donors (Lipinski definition) is 1. The van der Waals surface area contributed by atoms with Crippen molar-refractivity contribution < 1.29 is 14.6 Å². The fraction of sp³-hybridized carbons (Fsp3) is 0.480. The highest BCUT2D eigenvalue weighted by Crippen LogP contribution is 2.44. The molecule has 2 aromatic rings. The first-order valence-electron chi connectivity index (χ1n) is 10.6. The molecule has 2 aromatic carbocycles. The lowest BCUT2D eigenvalue weighted by molar-refractivity contribution is -0.0442. The third-order valence-corrected chi connectivity index (χ3v) is 6.71. The van der Waals surface area contributed by atoms with Gasteiger partial charge < -0.3 is 14.7 Å². The van der Waals surface area contributed by atoms with Gasteiger partial charge in [-0.2, -0.15) is 0 Å². The van der Waals surface area contributed by atoms with Crippen LogP contribution in [0, 0.1) is 5.41 Å². The molecule has 0 bridgehead atoms. The summed E-state index contributed by atoms with van der Waals surface area (Å²) in [6.07, 6.45) is 3.02. The van der Waals surface area contributed by atoms with E-state index in [1.54, 1.807) is 7.05 Å². The van der Waals surface area contributed by atoms with Crippen molar-refractivity contribution in [2.45, 2.75) is 51.0 Å². The van der Waals surface area contributed by atoms with Crippen LogP contribution in [-0.4, -0.2) is 41.9 Å². The normalized spacial score (nSPS) is 19.3. The lowest BCUT2D eigenvalue weighted by Crippen LogP contribution is -2.47. The average molecular weight is 394 g/mol. The van der Waals surface area contributed by atoms with Crippen LogP contribution in [0.2, 0.25) is 0 Å². The third-order valence-electron chi connectivity index (χ3n) is 6.71. The SMILES string of the molecule is CN(CC1(O)CCC(C)(C)CC1)C(=O)OCC1c2ccccc2-c2ccccc21. The third kappa shape index (κ3) is 4.04. The van der Waals surface area contributed by atoms with Gasteiger partial charge in [-0.3, -0.25) is 0 Å². The summed E-state index contributed by atoms with van der Waals surface area (Å²) in [5.41, 5.74) is 4.31. The van der Waals surface area contributed by atoms with Crippen molar-refractivity contribution >= 4 is 6.09 Å². The van der Waals surface area contributed by atoms with Crippen molar-refractivity contribution in [1.29, 1.82) is 0 Å². The van der Waals surface area contributed by atoms with E-state index in [0.29, 0.717) is 13.2 Å². The summed E-state index contributed by atoms with van der Waals surface area (Å²) in [7, 11) is 1.72. The minimum Gasteiger partial charge on any atom is -0.448 e. The molecule has 29 heavy (non-hydrogen) atoms. The van der Waals surface area contributed by atoms with Gasteiger partial charge in [-0.15, -0.1) is 0 Å². The molecule has 2 aliphatic rings. The Balaban J connectivity index is 1.40. The molecule has 0 atom stereocenters. The maximum Gasteiger partial charge on any atom is 0.409 e. The second kappa shape index (κ2) is 7.49. The van der Waals surface area contributed by atoms with Crippen molar-refractivity contribution in [3.8, 4) is 11.1 Å². The van der Waals surface area contributed by atoms with Crippen LogP contribution in [0.15, 0.2) is 48.5 Å². The molecule has 0 unspecified atom stereocenters. The molecule has 0 aromatic heterocycles. The summed E-state index contributed by atoms with van der Waals surface area (Å²) in [6.45, 7) is 5.10.